The summed E-state index contributed by atoms with van der Waals surface area (Å²) in [6.07, 6.45) is 6.28. The minimum Gasteiger partial charge on any atom is -0.376 e. The molecule has 0 aromatic carbocycles. The molecule has 1 saturated heterocycles. The van der Waals surface area contributed by atoms with Crippen LogP contribution in [0, 0.1) is 11.5 Å². The van der Waals surface area contributed by atoms with E-state index in [0.29, 0.717) is 6.10 Å². The Labute approximate surface area is 88.9 Å². The summed E-state index contributed by atoms with van der Waals surface area (Å²) in [6.45, 7) is 1.68. The molecule has 0 N–H and O–H groups in total. The summed E-state index contributed by atoms with van der Waals surface area (Å²) in [6, 6.07) is 0. The molecule has 14 heavy (non-hydrogen) atoms. The predicted molar refractivity (Wildman–Crippen MR) is 58.2 cm³/mol. The Morgan fingerprint density at radius 2 is 2.57 bits per heavy atom. The second kappa shape index (κ2) is 5.89. The fraction of sp³-hybridized carbons (Fsp3) is 0.778. The van der Waals surface area contributed by atoms with E-state index in [1.807, 2.05) is 24.4 Å². The van der Waals surface area contributed by atoms with Crippen LogP contribution < -0.4 is 0 Å². The highest BCUT2D eigenvalue weighted by molar-refractivity contribution is 8.13. The lowest BCUT2D eigenvalue weighted by Gasteiger charge is -2.21. The largest absolute Gasteiger partial charge is 0.376 e. The third-order valence-corrected chi connectivity index (χ3v) is 2.92. The smallest absolute Gasteiger partial charge is 0.208 e. The van der Waals surface area contributed by atoms with Gasteiger partial charge in [-0.3, -0.25) is 0 Å². The van der Waals surface area contributed by atoms with Gasteiger partial charge in [0.15, 0.2) is 5.17 Å². The van der Waals surface area contributed by atoms with Crippen molar-refractivity contribution >= 4 is 16.9 Å². The molecule has 0 saturated carbocycles. The van der Waals surface area contributed by atoms with Crippen LogP contribution in [0.5, 0.6) is 0 Å². The third kappa shape index (κ3) is 3.20. The third-order valence-electron chi connectivity index (χ3n) is 2.16. The summed E-state index contributed by atoms with van der Waals surface area (Å²) in [7, 11) is 1.94. The molecule has 1 aliphatic rings. The van der Waals surface area contributed by atoms with Crippen molar-refractivity contribution in [2.24, 2.45) is 4.99 Å². The molecule has 1 fully saturated rings. The molecule has 0 amide bonds. The van der Waals surface area contributed by atoms with Gasteiger partial charge < -0.3 is 9.64 Å². The second-order valence-corrected chi connectivity index (χ2v) is 3.99. The molecule has 0 radical (unpaired) electrons. The van der Waals surface area contributed by atoms with E-state index in [1.54, 1.807) is 0 Å². The van der Waals surface area contributed by atoms with Crippen LogP contribution in [0.2, 0.25) is 0 Å². The van der Waals surface area contributed by atoms with E-state index in [9.17, 15) is 0 Å². The van der Waals surface area contributed by atoms with Crippen molar-refractivity contribution in [1.82, 2.24) is 4.90 Å². The van der Waals surface area contributed by atoms with Gasteiger partial charge in [0.2, 0.25) is 6.19 Å². The number of nitriles is 1. The Balaban J connectivity index is 2.43. The maximum atomic E-state index is 8.47. The quantitative estimate of drug-likeness (QED) is 0.394. The fourth-order valence-corrected chi connectivity index (χ4v) is 2.02. The maximum absolute atomic E-state index is 8.47. The number of amidine groups is 1. The number of hydrogen-bond acceptors (Lipinski definition) is 4. The van der Waals surface area contributed by atoms with Crippen LogP contribution in [0.3, 0.4) is 0 Å². The van der Waals surface area contributed by atoms with Crippen LogP contribution in [0.1, 0.15) is 12.8 Å². The minimum atomic E-state index is 0.302. The highest BCUT2D eigenvalue weighted by Crippen LogP contribution is 2.14. The van der Waals surface area contributed by atoms with Crippen LogP contribution >= 0.6 is 11.8 Å². The lowest BCUT2D eigenvalue weighted by molar-refractivity contribution is 0.0964. The van der Waals surface area contributed by atoms with E-state index in [1.165, 1.54) is 11.8 Å². The molecule has 0 spiro atoms. The Kier molecular flexibility index (Phi) is 4.77. The van der Waals surface area contributed by atoms with Crippen molar-refractivity contribution in [3.63, 3.8) is 0 Å². The van der Waals surface area contributed by atoms with Crippen molar-refractivity contribution in [1.29, 1.82) is 5.26 Å². The molecule has 1 rings (SSSR count). The number of ether oxygens (including phenoxy) is 1. The molecule has 78 valence electrons. The average Bonchev–Trinajstić information content (AvgIpc) is 2.66. The predicted octanol–water partition coefficient (Wildman–Crippen LogP) is 1.30. The van der Waals surface area contributed by atoms with Gasteiger partial charge in [-0.2, -0.15) is 5.26 Å². The standard InChI is InChI=1S/C9H15N3OS/c1-12(9(14-2)11-7-10)6-8-4-3-5-13-8/h8H,3-6H2,1-2H3. The SMILES string of the molecule is CSC(=NC#N)N(C)CC1CCCO1. The molecule has 0 bridgehead atoms. The summed E-state index contributed by atoms with van der Waals surface area (Å²) in [5, 5.41) is 9.22. The van der Waals surface area contributed by atoms with Crippen LogP contribution in [0.25, 0.3) is 0 Å². The first-order valence-electron chi connectivity index (χ1n) is 4.61. The number of hydrogen-bond donors (Lipinski definition) is 0. The van der Waals surface area contributed by atoms with Crippen LogP contribution in [-0.2, 0) is 4.74 Å². The first-order valence-corrected chi connectivity index (χ1v) is 5.84. The van der Waals surface area contributed by atoms with Crippen LogP contribution in [-0.4, -0.2) is 42.6 Å². The van der Waals surface area contributed by atoms with Gasteiger partial charge in [-0.05, 0) is 19.1 Å². The van der Waals surface area contributed by atoms with E-state index < -0.39 is 0 Å². The van der Waals surface area contributed by atoms with E-state index in [4.69, 9.17) is 10.00 Å². The Morgan fingerprint density at radius 1 is 1.79 bits per heavy atom. The van der Waals surface area contributed by atoms with Gasteiger partial charge in [-0.1, -0.05) is 11.8 Å². The summed E-state index contributed by atoms with van der Waals surface area (Å²) in [5.41, 5.74) is 0. The van der Waals surface area contributed by atoms with Crippen molar-refractivity contribution in [2.45, 2.75) is 18.9 Å². The van der Waals surface area contributed by atoms with Gasteiger partial charge >= 0.3 is 0 Å². The van der Waals surface area contributed by atoms with E-state index >= 15 is 0 Å². The van der Waals surface area contributed by atoms with E-state index in [2.05, 4.69) is 4.99 Å². The summed E-state index contributed by atoms with van der Waals surface area (Å²) in [5.74, 6) is 0. The van der Waals surface area contributed by atoms with Gasteiger partial charge in [0, 0.05) is 20.2 Å². The molecule has 0 aliphatic carbocycles. The molecule has 1 heterocycles. The first kappa shape index (κ1) is 11.3. The number of rotatable bonds is 2. The van der Waals surface area contributed by atoms with Gasteiger partial charge in [-0.25, -0.2) is 0 Å². The molecule has 0 aromatic heterocycles. The molecule has 4 nitrogen and oxygen atoms in total. The number of thioether (sulfide) groups is 1. The minimum absolute atomic E-state index is 0.302. The van der Waals surface area contributed by atoms with Crippen molar-refractivity contribution < 1.29 is 4.74 Å². The zero-order chi connectivity index (χ0) is 10.4. The topological polar surface area (TPSA) is 48.6 Å². The zero-order valence-electron chi connectivity index (χ0n) is 8.56. The highest BCUT2D eigenvalue weighted by atomic mass is 32.2. The lowest BCUT2D eigenvalue weighted by Crippen LogP contribution is -2.32. The molecular formula is C9H15N3OS. The molecule has 1 atom stereocenters. The van der Waals surface area contributed by atoms with E-state index in [0.717, 1.165) is 31.2 Å². The van der Waals surface area contributed by atoms with Crippen molar-refractivity contribution in [3.8, 4) is 6.19 Å². The number of nitrogens with zero attached hydrogens (tertiary/aromatic N) is 3. The Hall–Kier alpha value is -0.730. The Bertz CT molecular complexity index is 243. The van der Waals surface area contributed by atoms with Gasteiger partial charge in [0.1, 0.15) is 0 Å². The molecule has 5 heteroatoms. The first-order chi connectivity index (χ1) is 6.77. The number of aliphatic imine (C=N–C) groups is 1. The fourth-order valence-electron chi connectivity index (χ4n) is 1.50. The second-order valence-electron chi connectivity index (χ2n) is 3.21. The average molecular weight is 213 g/mol. The normalized spacial score (nSPS) is 22.1. The summed E-state index contributed by atoms with van der Waals surface area (Å²) < 4.78 is 5.51. The summed E-state index contributed by atoms with van der Waals surface area (Å²) in [4.78, 5) is 5.72. The van der Waals surface area contributed by atoms with Crippen molar-refractivity contribution in [3.05, 3.63) is 0 Å². The molecule has 1 aliphatic heterocycles. The maximum Gasteiger partial charge on any atom is 0.208 e. The molecule has 1 unspecified atom stereocenters. The van der Waals surface area contributed by atoms with E-state index in [-0.39, 0.29) is 0 Å². The van der Waals surface area contributed by atoms with Crippen molar-refractivity contribution in [2.75, 3.05) is 26.5 Å². The van der Waals surface area contributed by atoms with Gasteiger partial charge in [-0.15, -0.1) is 4.99 Å². The zero-order valence-corrected chi connectivity index (χ0v) is 9.38. The van der Waals surface area contributed by atoms with Crippen LogP contribution in [0.15, 0.2) is 4.99 Å². The Morgan fingerprint density at radius 3 is 3.07 bits per heavy atom. The van der Waals surface area contributed by atoms with Crippen LogP contribution in [0.4, 0.5) is 0 Å². The highest BCUT2D eigenvalue weighted by Gasteiger charge is 2.18. The van der Waals surface area contributed by atoms with Gasteiger partial charge in [0.05, 0.1) is 6.10 Å². The number of likely N-dealkylation sites (N-methyl/N-ethyl adjacent to an activating group) is 1. The van der Waals surface area contributed by atoms with Gasteiger partial charge in [0.25, 0.3) is 0 Å². The molecular weight excluding hydrogens is 198 g/mol. The molecule has 0 aromatic rings. The monoisotopic (exact) mass is 213 g/mol. The summed E-state index contributed by atoms with van der Waals surface area (Å²) >= 11 is 1.48. The lowest BCUT2D eigenvalue weighted by atomic mass is 10.2.